The zero-order chi connectivity index (χ0) is 50.7. The van der Waals surface area contributed by atoms with Gasteiger partial charge in [0, 0.05) is 12.8 Å². The number of aliphatic hydroxyl groups excluding tert-OH is 2. The number of rotatable bonds is 60. The van der Waals surface area contributed by atoms with Gasteiger partial charge in [-0.1, -0.05) is 328 Å². The standard InChI is InChI=1S/C64H125NO5/c1-3-5-7-9-11-13-15-16-17-18-28-31-34-38-42-46-50-54-58-64(69)70-59-55-51-47-43-39-35-32-29-26-24-22-20-19-21-23-25-27-30-33-37-41-45-49-53-57-63(68)65-61(60-66)62(67)56-52-48-44-40-36-14-12-10-8-6-4-2/h52,56,61-62,66-67H,3-51,53-55,57-60H2,1-2H3,(H,65,68)/b56-52+. The van der Waals surface area contributed by atoms with Crippen molar-refractivity contribution in [2.24, 2.45) is 0 Å². The first-order chi connectivity index (χ1) is 34.5. The Kier molecular flexibility index (Phi) is 59.0. The van der Waals surface area contributed by atoms with Gasteiger partial charge in [-0.05, 0) is 32.1 Å². The van der Waals surface area contributed by atoms with E-state index in [-0.39, 0.29) is 18.5 Å². The second-order valence-corrected chi connectivity index (χ2v) is 22.1. The maximum atomic E-state index is 12.4. The lowest BCUT2D eigenvalue weighted by atomic mass is 10.0. The highest BCUT2D eigenvalue weighted by Crippen LogP contribution is 2.18. The lowest BCUT2D eigenvalue weighted by molar-refractivity contribution is -0.143. The van der Waals surface area contributed by atoms with Crippen molar-refractivity contribution in [1.29, 1.82) is 0 Å². The van der Waals surface area contributed by atoms with Gasteiger partial charge < -0.3 is 20.3 Å². The van der Waals surface area contributed by atoms with E-state index < -0.39 is 12.1 Å². The SMILES string of the molecule is CCCCCCCCCCC/C=C/C(O)C(CO)NC(=O)CCCCCCCCCCCCCCCCCCCCCCCCCCOC(=O)CCCCCCCCCCCCCCCCCCCC. The van der Waals surface area contributed by atoms with Gasteiger partial charge in [0.1, 0.15) is 0 Å². The molecule has 0 spiro atoms. The molecule has 6 nitrogen and oxygen atoms in total. The van der Waals surface area contributed by atoms with Gasteiger partial charge >= 0.3 is 5.97 Å². The summed E-state index contributed by atoms with van der Waals surface area (Å²) in [4.78, 5) is 24.5. The van der Waals surface area contributed by atoms with Crippen LogP contribution in [0.1, 0.15) is 361 Å². The first kappa shape index (κ1) is 68.6. The highest BCUT2D eigenvalue weighted by atomic mass is 16.5. The molecule has 3 N–H and O–H groups in total. The summed E-state index contributed by atoms with van der Waals surface area (Å²) in [5.74, 6) is -0.0465. The summed E-state index contributed by atoms with van der Waals surface area (Å²) in [6.45, 7) is 4.92. The Morgan fingerprint density at radius 2 is 0.657 bits per heavy atom. The number of unbranched alkanes of at least 4 members (excludes halogenated alkanes) is 49. The summed E-state index contributed by atoms with van der Waals surface area (Å²) in [7, 11) is 0. The predicted octanol–water partition coefficient (Wildman–Crippen LogP) is 20.0. The molecule has 2 atom stereocenters. The fourth-order valence-electron chi connectivity index (χ4n) is 10.2. The molecule has 0 saturated carbocycles. The first-order valence-corrected chi connectivity index (χ1v) is 32.0. The van der Waals surface area contributed by atoms with E-state index in [1.807, 2.05) is 6.08 Å². The molecule has 6 heteroatoms. The van der Waals surface area contributed by atoms with E-state index in [0.29, 0.717) is 19.4 Å². The molecule has 0 fully saturated rings. The van der Waals surface area contributed by atoms with Crippen LogP contribution in [-0.4, -0.2) is 47.4 Å². The normalized spacial score (nSPS) is 12.6. The van der Waals surface area contributed by atoms with Crippen LogP contribution in [0, 0.1) is 0 Å². The van der Waals surface area contributed by atoms with E-state index in [1.54, 1.807) is 6.08 Å². The lowest BCUT2D eigenvalue weighted by Crippen LogP contribution is -2.45. The topological polar surface area (TPSA) is 95.9 Å². The molecular formula is C64H125NO5. The minimum atomic E-state index is -0.841. The number of carbonyl (C=O) groups is 2. The minimum Gasteiger partial charge on any atom is -0.466 e. The Morgan fingerprint density at radius 3 is 0.971 bits per heavy atom. The monoisotopic (exact) mass is 988 g/mol. The maximum absolute atomic E-state index is 12.4. The number of allylic oxidation sites excluding steroid dienone is 1. The van der Waals surface area contributed by atoms with Gasteiger partial charge in [0.15, 0.2) is 0 Å². The second kappa shape index (κ2) is 60.2. The molecule has 0 aromatic heterocycles. The van der Waals surface area contributed by atoms with Gasteiger partial charge in [0.25, 0.3) is 0 Å². The van der Waals surface area contributed by atoms with Crippen LogP contribution in [0.25, 0.3) is 0 Å². The number of nitrogens with one attached hydrogen (secondary N) is 1. The van der Waals surface area contributed by atoms with Crippen LogP contribution in [0.2, 0.25) is 0 Å². The van der Waals surface area contributed by atoms with Crippen molar-refractivity contribution in [3.05, 3.63) is 12.2 Å². The Morgan fingerprint density at radius 1 is 0.386 bits per heavy atom. The van der Waals surface area contributed by atoms with E-state index in [1.165, 1.54) is 295 Å². The van der Waals surface area contributed by atoms with E-state index in [0.717, 1.165) is 38.5 Å². The molecule has 0 bridgehead atoms. The molecule has 0 heterocycles. The number of esters is 1. The Labute approximate surface area is 438 Å². The Hall–Kier alpha value is -1.40. The average molecular weight is 989 g/mol. The molecular weight excluding hydrogens is 863 g/mol. The van der Waals surface area contributed by atoms with Gasteiger partial charge in [-0.3, -0.25) is 9.59 Å². The van der Waals surface area contributed by atoms with E-state index in [2.05, 4.69) is 19.2 Å². The van der Waals surface area contributed by atoms with Crippen LogP contribution < -0.4 is 5.32 Å². The van der Waals surface area contributed by atoms with Crippen LogP contribution in [0.3, 0.4) is 0 Å². The molecule has 0 saturated heterocycles. The minimum absolute atomic E-state index is 0.0199. The van der Waals surface area contributed by atoms with Gasteiger partial charge in [-0.2, -0.15) is 0 Å². The summed E-state index contributed by atoms with van der Waals surface area (Å²) in [6.07, 6.45) is 72.7. The van der Waals surface area contributed by atoms with Crippen LogP contribution in [0.15, 0.2) is 12.2 Å². The first-order valence-electron chi connectivity index (χ1n) is 32.0. The fourth-order valence-corrected chi connectivity index (χ4v) is 10.2. The van der Waals surface area contributed by atoms with E-state index >= 15 is 0 Å². The van der Waals surface area contributed by atoms with Crippen LogP contribution in [0.5, 0.6) is 0 Å². The molecule has 0 aliphatic carbocycles. The Balaban J connectivity index is 3.33. The van der Waals surface area contributed by atoms with Crippen molar-refractivity contribution in [2.45, 2.75) is 373 Å². The lowest BCUT2D eigenvalue weighted by Gasteiger charge is -2.20. The number of ether oxygens (including phenoxy) is 1. The van der Waals surface area contributed by atoms with Crippen LogP contribution >= 0.6 is 0 Å². The third-order valence-electron chi connectivity index (χ3n) is 15.1. The summed E-state index contributed by atoms with van der Waals surface area (Å²) in [5, 5.41) is 23.0. The second-order valence-electron chi connectivity index (χ2n) is 22.1. The molecule has 416 valence electrons. The smallest absolute Gasteiger partial charge is 0.305 e. The fraction of sp³-hybridized carbons (Fsp3) is 0.938. The number of carbonyl (C=O) groups excluding carboxylic acids is 2. The number of aliphatic hydroxyl groups is 2. The van der Waals surface area contributed by atoms with Crippen molar-refractivity contribution in [1.82, 2.24) is 5.32 Å². The average Bonchev–Trinajstić information content (AvgIpc) is 3.36. The molecule has 0 rings (SSSR count). The van der Waals surface area contributed by atoms with Gasteiger partial charge in [-0.25, -0.2) is 0 Å². The molecule has 0 aliphatic rings. The van der Waals surface area contributed by atoms with Crippen molar-refractivity contribution in [3.63, 3.8) is 0 Å². The number of hydrogen-bond acceptors (Lipinski definition) is 5. The van der Waals surface area contributed by atoms with Gasteiger partial charge in [-0.15, -0.1) is 0 Å². The molecule has 0 aromatic rings. The predicted molar refractivity (Wildman–Crippen MR) is 306 cm³/mol. The maximum Gasteiger partial charge on any atom is 0.305 e. The highest BCUT2D eigenvalue weighted by Gasteiger charge is 2.18. The van der Waals surface area contributed by atoms with Crippen LogP contribution in [-0.2, 0) is 14.3 Å². The highest BCUT2D eigenvalue weighted by molar-refractivity contribution is 5.76. The molecule has 0 aromatic carbocycles. The molecule has 1 amide bonds. The number of amides is 1. The number of hydrogen-bond donors (Lipinski definition) is 3. The third kappa shape index (κ3) is 55.9. The molecule has 70 heavy (non-hydrogen) atoms. The van der Waals surface area contributed by atoms with E-state index in [4.69, 9.17) is 4.74 Å². The largest absolute Gasteiger partial charge is 0.466 e. The van der Waals surface area contributed by atoms with E-state index in [9.17, 15) is 19.8 Å². The summed E-state index contributed by atoms with van der Waals surface area (Å²) in [6, 6.07) is -0.625. The Bertz CT molecular complexity index is 1050. The quantitative estimate of drug-likeness (QED) is 0.0321. The summed E-state index contributed by atoms with van der Waals surface area (Å²) >= 11 is 0. The van der Waals surface area contributed by atoms with Crippen molar-refractivity contribution in [3.8, 4) is 0 Å². The van der Waals surface area contributed by atoms with Gasteiger partial charge in [0.2, 0.25) is 5.91 Å². The third-order valence-corrected chi connectivity index (χ3v) is 15.1. The molecule has 0 aliphatic heterocycles. The zero-order valence-electron chi connectivity index (χ0n) is 47.5. The van der Waals surface area contributed by atoms with Crippen molar-refractivity contribution >= 4 is 11.9 Å². The summed E-state index contributed by atoms with van der Waals surface area (Å²) in [5.41, 5.74) is 0. The summed E-state index contributed by atoms with van der Waals surface area (Å²) < 4.78 is 5.51. The molecule has 0 radical (unpaired) electrons. The van der Waals surface area contributed by atoms with Gasteiger partial charge in [0.05, 0.1) is 25.4 Å². The molecule has 2 unspecified atom stereocenters. The van der Waals surface area contributed by atoms with Crippen molar-refractivity contribution < 1.29 is 24.5 Å². The zero-order valence-corrected chi connectivity index (χ0v) is 47.5. The van der Waals surface area contributed by atoms with Crippen molar-refractivity contribution in [2.75, 3.05) is 13.2 Å². The van der Waals surface area contributed by atoms with Crippen LogP contribution in [0.4, 0.5) is 0 Å².